The molecule has 2 N–H and O–H groups in total. The fourth-order valence-corrected chi connectivity index (χ4v) is 4.06. The minimum atomic E-state index is 0.517. The Hall–Kier alpha value is -1.18. The second kappa shape index (κ2) is 11.5. The quantitative estimate of drug-likeness (QED) is 0.507. The summed E-state index contributed by atoms with van der Waals surface area (Å²) in [6, 6.07) is 0.517. The van der Waals surface area contributed by atoms with Gasteiger partial charge in [-0.15, -0.1) is 11.3 Å². The van der Waals surface area contributed by atoms with Crippen LogP contribution in [0.5, 0.6) is 0 Å². The number of nitrogens with zero attached hydrogens (tertiary/aromatic N) is 3. The van der Waals surface area contributed by atoms with Crippen LogP contribution in [0.15, 0.2) is 11.2 Å². The van der Waals surface area contributed by atoms with Crippen LogP contribution in [-0.2, 0) is 17.6 Å². The van der Waals surface area contributed by atoms with E-state index in [2.05, 4.69) is 46.3 Å². The van der Waals surface area contributed by atoms with Gasteiger partial charge in [0.15, 0.2) is 5.96 Å². The summed E-state index contributed by atoms with van der Waals surface area (Å²) in [5, 5.41) is 8.12. The summed E-state index contributed by atoms with van der Waals surface area (Å²) in [7, 11) is 1.83. The predicted molar refractivity (Wildman–Crippen MR) is 110 cm³/mol. The number of ether oxygens (including phenoxy) is 1. The molecule has 2 heterocycles. The van der Waals surface area contributed by atoms with Crippen molar-refractivity contribution in [2.24, 2.45) is 10.9 Å². The molecule has 0 bridgehead atoms. The molecule has 1 fully saturated rings. The first kappa shape index (κ1) is 21.1. The summed E-state index contributed by atoms with van der Waals surface area (Å²) >= 11 is 1.81. The lowest BCUT2D eigenvalue weighted by Crippen LogP contribution is -2.51. The molecule has 1 aliphatic rings. The van der Waals surface area contributed by atoms with Crippen molar-refractivity contribution in [3.05, 3.63) is 16.1 Å². The summed E-state index contributed by atoms with van der Waals surface area (Å²) in [6.45, 7) is 12.2. The van der Waals surface area contributed by atoms with Gasteiger partial charge >= 0.3 is 0 Å². The molecule has 0 spiro atoms. The van der Waals surface area contributed by atoms with Crippen LogP contribution in [0, 0.1) is 5.92 Å². The standard InChI is InChI=1S/C19H35N5OS/c1-5-17-14-22-18(26-17)6-7-21-19(20-4)23-13-16(12-15(2)3)24-8-10-25-11-9-24/h14-16H,5-13H2,1-4H3,(H2,20,21,23). The average molecular weight is 382 g/mol. The fraction of sp³-hybridized carbons (Fsp3) is 0.789. The SMILES string of the molecule is CCc1cnc(CCNC(=NC)NCC(CC(C)C)N2CCOCC2)s1. The fourth-order valence-electron chi connectivity index (χ4n) is 3.20. The summed E-state index contributed by atoms with van der Waals surface area (Å²) in [6.07, 6.45) is 5.17. The molecular weight excluding hydrogens is 346 g/mol. The Morgan fingerprint density at radius 3 is 2.73 bits per heavy atom. The van der Waals surface area contributed by atoms with Crippen molar-refractivity contribution in [2.45, 2.75) is 46.1 Å². The first-order valence-electron chi connectivity index (χ1n) is 9.82. The van der Waals surface area contributed by atoms with Crippen LogP contribution in [-0.4, -0.2) is 68.3 Å². The third-order valence-electron chi connectivity index (χ3n) is 4.62. The Bertz CT molecular complexity index is 540. The monoisotopic (exact) mass is 381 g/mol. The lowest BCUT2D eigenvalue weighted by molar-refractivity contribution is 0.0132. The van der Waals surface area contributed by atoms with Crippen molar-refractivity contribution in [2.75, 3.05) is 46.4 Å². The van der Waals surface area contributed by atoms with Crippen LogP contribution < -0.4 is 10.6 Å². The van der Waals surface area contributed by atoms with Crippen molar-refractivity contribution in [1.29, 1.82) is 0 Å². The van der Waals surface area contributed by atoms with Gasteiger partial charge in [0.1, 0.15) is 0 Å². The van der Waals surface area contributed by atoms with Crippen molar-refractivity contribution in [1.82, 2.24) is 20.5 Å². The number of aliphatic imine (C=N–C) groups is 1. The number of morpholine rings is 1. The lowest BCUT2D eigenvalue weighted by atomic mass is 10.0. The molecule has 1 aliphatic heterocycles. The maximum Gasteiger partial charge on any atom is 0.191 e. The van der Waals surface area contributed by atoms with E-state index in [0.29, 0.717) is 12.0 Å². The van der Waals surface area contributed by atoms with E-state index < -0.39 is 0 Å². The number of aryl methyl sites for hydroxylation is 1. The van der Waals surface area contributed by atoms with Gasteiger partial charge in [-0.05, 0) is 18.8 Å². The molecule has 0 aliphatic carbocycles. The summed E-state index contributed by atoms with van der Waals surface area (Å²) in [5.74, 6) is 1.55. The molecule has 0 radical (unpaired) electrons. The zero-order valence-corrected chi connectivity index (χ0v) is 17.6. The van der Waals surface area contributed by atoms with Gasteiger partial charge in [0, 0.05) is 56.8 Å². The third-order valence-corrected chi connectivity index (χ3v) is 5.82. The molecule has 1 atom stereocenters. The minimum absolute atomic E-state index is 0.517. The molecule has 0 saturated carbocycles. The maximum atomic E-state index is 5.50. The number of hydrogen-bond acceptors (Lipinski definition) is 5. The molecule has 148 valence electrons. The van der Waals surface area contributed by atoms with Crippen molar-refractivity contribution < 1.29 is 4.74 Å². The third kappa shape index (κ3) is 7.21. The highest BCUT2D eigenvalue weighted by Crippen LogP contribution is 2.14. The predicted octanol–water partition coefficient (Wildman–Crippen LogP) is 2.16. The molecule has 6 nitrogen and oxygen atoms in total. The van der Waals surface area contributed by atoms with Crippen LogP contribution in [0.3, 0.4) is 0 Å². The highest BCUT2D eigenvalue weighted by molar-refractivity contribution is 7.11. The van der Waals surface area contributed by atoms with Gasteiger partial charge in [0.2, 0.25) is 0 Å². The molecule has 1 unspecified atom stereocenters. The number of nitrogens with one attached hydrogen (secondary N) is 2. The number of guanidine groups is 1. The van der Waals surface area contributed by atoms with E-state index in [9.17, 15) is 0 Å². The van der Waals surface area contributed by atoms with Crippen LogP contribution in [0.1, 0.15) is 37.1 Å². The van der Waals surface area contributed by atoms with E-state index in [0.717, 1.165) is 58.2 Å². The minimum Gasteiger partial charge on any atom is -0.379 e. The Morgan fingerprint density at radius 1 is 1.35 bits per heavy atom. The molecule has 26 heavy (non-hydrogen) atoms. The molecule has 2 rings (SSSR count). The van der Waals surface area contributed by atoms with Crippen LogP contribution in [0.4, 0.5) is 0 Å². The van der Waals surface area contributed by atoms with E-state index >= 15 is 0 Å². The number of thiazole rings is 1. The Morgan fingerprint density at radius 2 is 2.12 bits per heavy atom. The van der Waals surface area contributed by atoms with Crippen LogP contribution >= 0.6 is 11.3 Å². The van der Waals surface area contributed by atoms with E-state index in [1.54, 1.807) is 11.3 Å². The molecule has 0 aromatic carbocycles. The second-order valence-corrected chi connectivity index (χ2v) is 8.34. The number of aromatic nitrogens is 1. The Balaban J connectivity index is 1.77. The Kier molecular flexibility index (Phi) is 9.36. The molecule has 1 aromatic rings. The van der Waals surface area contributed by atoms with Gasteiger partial charge in [-0.25, -0.2) is 4.98 Å². The number of hydrogen-bond donors (Lipinski definition) is 2. The van der Waals surface area contributed by atoms with E-state index in [1.807, 2.05) is 13.2 Å². The van der Waals surface area contributed by atoms with E-state index in [1.165, 1.54) is 16.3 Å². The lowest BCUT2D eigenvalue weighted by Gasteiger charge is -2.35. The largest absolute Gasteiger partial charge is 0.379 e. The van der Waals surface area contributed by atoms with Gasteiger partial charge < -0.3 is 15.4 Å². The summed E-state index contributed by atoms with van der Waals surface area (Å²) in [5.41, 5.74) is 0. The smallest absolute Gasteiger partial charge is 0.191 e. The Labute approximate surface area is 162 Å². The average Bonchev–Trinajstić information content (AvgIpc) is 3.11. The van der Waals surface area contributed by atoms with Crippen LogP contribution in [0.25, 0.3) is 0 Å². The summed E-state index contributed by atoms with van der Waals surface area (Å²) in [4.78, 5) is 12.7. The molecule has 0 amide bonds. The van der Waals surface area contributed by atoms with Gasteiger partial charge in [-0.3, -0.25) is 9.89 Å². The highest BCUT2D eigenvalue weighted by Gasteiger charge is 2.22. The zero-order chi connectivity index (χ0) is 18.8. The van der Waals surface area contributed by atoms with Crippen molar-refractivity contribution in [3.63, 3.8) is 0 Å². The molecule has 1 saturated heterocycles. The van der Waals surface area contributed by atoms with Gasteiger partial charge in [-0.1, -0.05) is 20.8 Å². The van der Waals surface area contributed by atoms with Gasteiger partial charge in [-0.2, -0.15) is 0 Å². The topological polar surface area (TPSA) is 61.8 Å². The van der Waals surface area contributed by atoms with Crippen molar-refractivity contribution >= 4 is 17.3 Å². The first-order valence-corrected chi connectivity index (χ1v) is 10.6. The normalized spacial score (nSPS) is 17.5. The molecule has 7 heteroatoms. The second-order valence-electron chi connectivity index (χ2n) is 7.14. The maximum absolute atomic E-state index is 5.50. The molecular formula is C19H35N5OS. The van der Waals surface area contributed by atoms with Gasteiger partial charge in [0.25, 0.3) is 0 Å². The summed E-state index contributed by atoms with van der Waals surface area (Å²) < 4.78 is 5.50. The highest BCUT2D eigenvalue weighted by atomic mass is 32.1. The van der Waals surface area contributed by atoms with Gasteiger partial charge in [0.05, 0.1) is 18.2 Å². The number of rotatable bonds is 9. The molecule has 1 aromatic heterocycles. The van der Waals surface area contributed by atoms with Crippen LogP contribution in [0.2, 0.25) is 0 Å². The first-order chi connectivity index (χ1) is 12.6. The van der Waals surface area contributed by atoms with Crippen molar-refractivity contribution in [3.8, 4) is 0 Å². The van der Waals surface area contributed by atoms with E-state index in [-0.39, 0.29) is 0 Å². The zero-order valence-electron chi connectivity index (χ0n) is 16.8. The van der Waals surface area contributed by atoms with E-state index in [4.69, 9.17) is 4.74 Å².